The van der Waals surface area contributed by atoms with Gasteiger partial charge in [0.2, 0.25) is 0 Å². The molecule has 1 aromatic heterocycles. The van der Waals surface area contributed by atoms with Crippen LogP contribution in [0.1, 0.15) is 49.4 Å². The van der Waals surface area contributed by atoms with E-state index in [9.17, 15) is 20.0 Å². The second-order valence-corrected chi connectivity index (χ2v) is 8.80. The lowest BCUT2D eigenvalue weighted by Crippen LogP contribution is -2.29. The molecule has 2 N–H and O–H groups in total. The predicted octanol–water partition coefficient (Wildman–Crippen LogP) is 5.72. The van der Waals surface area contributed by atoms with Crippen LogP contribution in [0.15, 0.2) is 59.9 Å². The number of non-ortho nitro benzene ring substituents is 1. The molecule has 0 aliphatic heterocycles. The van der Waals surface area contributed by atoms with E-state index in [1.165, 1.54) is 12.1 Å². The lowest BCUT2D eigenvalue weighted by molar-refractivity contribution is -0.384. The molecule has 1 atom stereocenters. The summed E-state index contributed by atoms with van der Waals surface area (Å²) in [4.78, 5) is 27.5. The molecule has 1 aliphatic rings. The Morgan fingerprint density at radius 2 is 1.87 bits per heavy atom. The third-order valence-corrected chi connectivity index (χ3v) is 5.83. The number of hydrogen-bond donors (Lipinski definition) is 2. The maximum Gasteiger partial charge on any atom is 0.269 e. The predicted molar refractivity (Wildman–Crippen MR) is 116 cm³/mol. The number of carbonyl (C=O) groups is 1. The van der Waals surface area contributed by atoms with Gasteiger partial charge in [-0.05, 0) is 29.5 Å². The fourth-order valence-corrected chi connectivity index (χ4v) is 4.60. The van der Waals surface area contributed by atoms with Gasteiger partial charge >= 0.3 is 0 Å². The number of nitro groups is 1. The number of hydrogen-bond acceptors (Lipinski definition) is 4. The highest BCUT2D eigenvalue weighted by Gasteiger charge is 2.39. The first kappa shape index (κ1) is 19.9. The molecule has 1 heterocycles. The number of Topliss-reactive ketones (excluding diaryl/α,β-unsaturated/α-hetero) is 1. The van der Waals surface area contributed by atoms with Gasteiger partial charge in [-0.15, -0.1) is 0 Å². The first-order valence-corrected chi connectivity index (χ1v) is 9.95. The minimum absolute atomic E-state index is 0.0429. The molecule has 0 fully saturated rings. The number of H-pyrrole nitrogens is 1. The van der Waals surface area contributed by atoms with Crippen LogP contribution >= 0.6 is 0 Å². The average Bonchev–Trinajstić information content (AvgIpc) is 2.99. The minimum Gasteiger partial charge on any atom is -0.512 e. The van der Waals surface area contributed by atoms with Crippen molar-refractivity contribution in [3.8, 4) is 0 Å². The zero-order chi connectivity index (χ0) is 21.6. The molecule has 154 valence electrons. The molecule has 0 spiro atoms. The molecule has 4 rings (SSSR count). The number of rotatable bonds is 4. The Kier molecular flexibility index (Phi) is 4.73. The topological polar surface area (TPSA) is 96.2 Å². The number of nitro benzene ring substituents is 1. The van der Waals surface area contributed by atoms with Gasteiger partial charge in [0.15, 0.2) is 5.78 Å². The van der Waals surface area contributed by atoms with Gasteiger partial charge in [-0.3, -0.25) is 14.9 Å². The van der Waals surface area contributed by atoms with Crippen LogP contribution in [0, 0.1) is 22.5 Å². The summed E-state index contributed by atoms with van der Waals surface area (Å²) in [6.45, 7) is 5.84. The van der Waals surface area contributed by atoms with Crippen LogP contribution in [-0.4, -0.2) is 20.8 Å². The molecule has 2 aromatic carbocycles. The van der Waals surface area contributed by atoms with Crippen LogP contribution < -0.4 is 0 Å². The van der Waals surface area contributed by atoms with Crippen molar-refractivity contribution < 1.29 is 14.8 Å². The molecule has 0 amide bonds. The van der Waals surface area contributed by atoms with Crippen molar-refractivity contribution in [3.05, 3.63) is 86.8 Å². The van der Waals surface area contributed by atoms with E-state index in [0.717, 1.165) is 22.2 Å². The fraction of sp³-hybridized carbons (Fsp3) is 0.292. The maximum atomic E-state index is 13.2. The molecule has 6 nitrogen and oxygen atoms in total. The monoisotopic (exact) mass is 404 g/mol. The SMILES string of the molecule is Cc1[nH]c2ccccc2c1C(C1=C(O)CC(C)(C)CC1=O)c1cccc([N+](=O)[O-])c1. The number of carbonyl (C=O) groups excluding carboxylic acids is 1. The quantitative estimate of drug-likeness (QED) is 0.429. The minimum atomic E-state index is -0.593. The number of aliphatic hydroxyl groups is 1. The Labute approximate surface area is 174 Å². The van der Waals surface area contributed by atoms with Crippen LogP contribution in [0.3, 0.4) is 0 Å². The fourth-order valence-electron chi connectivity index (χ4n) is 4.60. The number of aromatic amines is 1. The highest BCUT2D eigenvalue weighted by molar-refractivity contribution is 6.01. The molecule has 30 heavy (non-hydrogen) atoms. The van der Waals surface area contributed by atoms with Gasteiger partial charge in [0, 0.05) is 53.1 Å². The second kappa shape index (κ2) is 7.13. The molecule has 0 radical (unpaired) electrons. The zero-order valence-corrected chi connectivity index (χ0v) is 17.2. The normalized spacial score (nSPS) is 17.4. The summed E-state index contributed by atoms with van der Waals surface area (Å²) in [5, 5.41) is 23.3. The zero-order valence-electron chi connectivity index (χ0n) is 17.2. The Morgan fingerprint density at radius 1 is 1.13 bits per heavy atom. The summed E-state index contributed by atoms with van der Waals surface area (Å²) in [5.41, 5.74) is 3.23. The van der Waals surface area contributed by atoms with Gasteiger partial charge in [-0.2, -0.15) is 0 Å². The second-order valence-electron chi connectivity index (χ2n) is 8.80. The molecule has 6 heteroatoms. The van der Waals surface area contributed by atoms with Gasteiger partial charge in [0.1, 0.15) is 5.76 Å². The smallest absolute Gasteiger partial charge is 0.269 e. The van der Waals surface area contributed by atoms with Gasteiger partial charge in [0.25, 0.3) is 5.69 Å². The molecule has 1 aliphatic carbocycles. The molecule has 1 unspecified atom stereocenters. The van der Waals surface area contributed by atoms with E-state index in [0.29, 0.717) is 24.0 Å². The number of fused-ring (bicyclic) bond motifs is 1. The first-order chi connectivity index (χ1) is 14.2. The summed E-state index contributed by atoms with van der Waals surface area (Å²) < 4.78 is 0. The molecule has 3 aromatic rings. The van der Waals surface area contributed by atoms with Crippen LogP contribution in [0.2, 0.25) is 0 Å². The van der Waals surface area contributed by atoms with Crippen LogP contribution in [0.4, 0.5) is 5.69 Å². The highest BCUT2D eigenvalue weighted by Crippen LogP contribution is 2.46. The molecule has 0 saturated heterocycles. The summed E-state index contributed by atoms with van der Waals surface area (Å²) in [7, 11) is 0. The number of nitrogens with one attached hydrogen (secondary N) is 1. The number of nitrogens with zero attached hydrogens (tertiary/aromatic N) is 1. The van der Waals surface area contributed by atoms with Crippen molar-refractivity contribution in [2.75, 3.05) is 0 Å². The largest absolute Gasteiger partial charge is 0.512 e. The van der Waals surface area contributed by atoms with E-state index in [2.05, 4.69) is 4.98 Å². The average molecular weight is 404 g/mol. The van der Waals surface area contributed by atoms with E-state index in [1.54, 1.807) is 12.1 Å². The summed E-state index contributed by atoms with van der Waals surface area (Å²) in [6.07, 6.45) is 0.708. The number of aryl methyl sites for hydroxylation is 1. The highest BCUT2D eigenvalue weighted by atomic mass is 16.6. The van der Waals surface area contributed by atoms with Crippen molar-refractivity contribution in [3.63, 3.8) is 0 Å². The third kappa shape index (κ3) is 3.38. The first-order valence-electron chi connectivity index (χ1n) is 9.95. The van der Waals surface area contributed by atoms with Gasteiger partial charge in [0.05, 0.1) is 4.92 Å². The van der Waals surface area contributed by atoms with Gasteiger partial charge in [-0.1, -0.05) is 44.2 Å². The Bertz CT molecular complexity index is 1200. The van der Waals surface area contributed by atoms with Gasteiger partial charge in [-0.25, -0.2) is 0 Å². The van der Waals surface area contributed by atoms with Crippen molar-refractivity contribution in [2.24, 2.45) is 5.41 Å². The van der Waals surface area contributed by atoms with Crippen molar-refractivity contribution in [1.82, 2.24) is 4.98 Å². The molecule has 0 bridgehead atoms. The Hall–Kier alpha value is -3.41. The lowest BCUT2D eigenvalue weighted by Gasteiger charge is -2.33. The van der Waals surface area contributed by atoms with Crippen molar-refractivity contribution in [1.29, 1.82) is 0 Å². The molecule has 0 saturated carbocycles. The third-order valence-electron chi connectivity index (χ3n) is 5.83. The number of allylic oxidation sites excluding steroid dienone is 2. The van der Waals surface area contributed by atoms with E-state index in [4.69, 9.17) is 0 Å². The summed E-state index contributed by atoms with van der Waals surface area (Å²) in [5.74, 6) is -0.646. The van der Waals surface area contributed by atoms with E-state index in [1.807, 2.05) is 45.0 Å². The van der Waals surface area contributed by atoms with E-state index >= 15 is 0 Å². The number of benzene rings is 2. The van der Waals surface area contributed by atoms with Crippen LogP contribution in [-0.2, 0) is 4.79 Å². The maximum absolute atomic E-state index is 13.2. The summed E-state index contributed by atoms with van der Waals surface area (Å²) >= 11 is 0. The Morgan fingerprint density at radius 3 is 2.57 bits per heavy atom. The summed E-state index contributed by atoms with van der Waals surface area (Å²) in [6, 6.07) is 14.1. The van der Waals surface area contributed by atoms with Crippen molar-refractivity contribution in [2.45, 2.75) is 39.5 Å². The van der Waals surface area contributed by atoms with Crippen LogP contribution in [0.25, 0.3) is 10.9 Å². The standard InChI is InChI=1S/C24H24N2O4/c1-14-21(17-9-4-5-10-18(17)25-14)22(15-7-6-8-16(11-15)26(29)30)23-19(27)12-24(2,3)13-20(23)28/h4-11,22,25,27H,12-13H2,1-3H3. The van der Waals surface area contributed by atoms with E-state index < -0.39 is 10.8 Å². The van der Waals surface area contributed by atoms with Crippen LogP contribution in [0.5, 0.6) is 0 Å². The lowest BCUT2D eigenvalue weighted by atomic mass is 9.70. The van der Waals surface area contributed by atoms with Gasteiger partial charge < -0.3 is 10.1 Å². The number of aliphatic hydroxyl groups excluding tert-OH is 1. The molecular weight excluding hydrogens is 380 g/mol. The molecular formula is C24H24N2O4. The number of ketones is 1. The number of aromatic nitrogens is 1. The number of para-hydroxylation sites is 1. The van der Waals surface area contributed by atoms with E-state index in [-0.39, 0.29) is 22.6 Å². The van der Waals surface area contributed by atoms with Crippen molar-refractivity contribution >= 4 is 22.4 Å². The Balaban J connectivity index is 2.02.